The fourth-order valence-electron chi connectivity index (χ4n) is 3.25. The van der Waals surface area contributed by atoms with Gasteiger partial charge in [0.05, 0.1) is 23.9 Å². The molecule has 8 heteroatoms. The first-order chi connectivity index (χ1) is 14.8. The van der Waals surface area contributed by atoms with Gasteiger partial charge in [0.15, 0.2) is 0 Å². The number of fused-ring (bicyclic) bond motifs is 1. The molecule has 0 amide bonds. The summed E-state index contributed by atoms with van der Waals surface area (Å²) in [5.74, 6) is 1.02. The maximum Gasteiger partial charge on any atom is 0.416 e. The quantitative estimate of drug-likeness (QED) is 0.474. The van der Waals surface area contributed by atoms with Crippen molar-refractivity contribution in [1.29, 1.82) is 0 Å². The van der Waals surface area contributed by atoms with Crippen molar-refractivity contribution >= 4 is 16.6 Å². The number of hydrogen-bond donors (Lipinski definition) is 2. The van der Waals surface area contributed by atoms with Gasteiger partial charge in [-0.3, -0.25) is 0 Å². The first-order valence-corrected chi connectivity index (χ1v) is 10.0. The van der Waals surface area contributed by atoms with Crippen molar-refractivity contribution in [3.63, 3.8) is 0 Å². The summed E-state index contributed by atoms with van der Waals surface area (Å²) in [4.78, 5) is 4.58. The minimum Gasteiger partial charge on any atom is -0.497 e. The van der Waals surface area contributed by atoms with Gasteiger partial charge in [0.1, 0.15) is 12.4 Å². The minimum atomic E-state index is -4.39. The zero-order valence-corrected chi connectivity index (χ0v) is 17.5. The van der Waals surface area contributed by atoms with Crippen LogP contribution in [0.2, 0.25) is 0 Å². The van der Waals surface area contributed by atoms with E-state index in [-0.39, 0.29) is 12.6 Å². The Morgan fingerprint density at radius 2 is 1.94 bits per heavy atom. The molecule has 2 aromatic carbocycles. The van der Waals surface area contributed by atoms with Crippen LogP contribution in [0.25, 0.3) is 10.9 Å². The number of nitrogens with zero attached hydrogens (tertiary/aromatic N) is 1. The first kappa shape index (κ1) is 22.7. The minimum absolute atomic E-state index is 0.0196. The van der Waals surface area contributed by atoms with Crippen molar-refractivity contribution in [3.8, 4) is 11.6 Å². The summed E-state index contributed by atoms with van der Waals surface area (Å²) in [6.07, 6.45) is -2.59. The lowest BCUT2D eigenvalue weighted by molar-refractivity contribution is -0.137. The number of anilines is 1. The molecule has 1 aromatic heterocycles. The predicted octanol–water partition coefficient (Wildman–Crippen LogP) is 5.38. The zero-order chi connectivity index (χ0) is 22.4. The van der Waals surface area contributed by atoms with Crippen molar-refractivity contribution in [1.82, 2.24) is 4.98 Å². The third-order valence-electron chi connectivity index (χ3n) is 4.86. The van der Waals surface area contributed by atoms with Crippen LogP contribution < -0.4 is 20.5 Å². The lowest BCUT2D eigenvalue weighted by Gasteiger charge is -2.18. The van der Waals surface area contributed by atoms with Crippen LogP contribution in [0.4, 0.5) is 18.9 Å². The highest BCUT2D eigenvalue weighted by atomic mass is 19.4. The topological polar surface area (TPSA) is 69.4 Å². The Morgan fingerprint density at radius 1 is 1.13 bits per heavy atom. The Bertz CT molecular complexity index is 1020. The van der Waals surface area contributed by atoms with Crippen LogP contribution in [-0.2, 0) is 12.8 Å². The highest BCUT2D eigenvalue weighted by Gasteiger charge is 2.30. The third kappa shape index (κ3) is 6.01. The van der Waals surface area contributed by atoms with Crippen molar-refractivity contribution in [2.75, 3.05) is 19.0 Å². The van der Waals surface area contributed by atoms with Gasteiger partial charge in [-0.05, 0) is 56.1 Å². The molecule has 1 heterocycles. The van der Waals surface area contributed by atoms with E-state index in [1.807, 2.05) is 18.2 Å². The molecular weight excluding hydrogens is 407 g/mol. The smallest absolute Gasteiger partial charge is 0.416 e. The second-order valence-electron chi connectivity index (χ2n) is 7.36. The summed E-state index contributed by atoms with van der Waals surface area (Å²) < 4.78 is 49.8. The number of nitrogens with two attached hydrogens (primary N) is 1. The summed E-state index contributed by atoms with van der Waals surface area (Å²) in [7, 11) is 1.60. The molecule has 3 rings (SSSR count). The van der Waals surface area contributed by atoms with Gasteiger partial charge in [-0.25, -0.2) is 4.98 Å². The average Bonchev–Trinajstić information content (AvgIpc) is 2.75. The molecular formula is C23H26F3N3O2. The maximum absolute atomic E-state index is 12.9. The van der Waals surface area contributed by atoms with Crippen LogP contribution in [0, 0.1) is 0 Å². The number of ether oxygens (including phenoxy) is 2. The van der Waals surface area contributed by atoms with E-state index in [0.29, 0.717) is 29.3 Å². The van der Waals surface area contributed by atoms with E-state index in [2.05, 4.69) is 17.2 Å². The van der Waals surface area contributed by atoms with Crippen molar-refractivity contribution in [2.24, 2.45) is 5.73 Å². The summed E-state index contributed by atoms with van der Waals surface area (Å²) >= 11 is 0. The molecule has 166 valence electrons. The second kappa shape index (κ2) is 9.87. The maximum atomic E-state index is 12.9. The van der Waals surface area contributed by atoms with E-state index < -0.39 is 11.7 Å². The summed E-state index contributed by atoms with van der Waals surface area (Å²) in [6.45, 7) is 2.67. The van der Waals surface area contributed by atoms with Crippen molar-refractivity contribution < 1.29 is 22.6 Å². The highest BCUT2D eigenvalue weighted by Crippen LogP contribution is 2.32. The van der Waals surface area contributed by atoms with Gasteiger partial charge in [-0.1, -0.05) is 12.1 Å². The molecule has 0 aliphatic carbocycles. The molecule has 5 nitrogen and oxygen atoms in total. The van der Waals surface area contributed by atoms with Crippen LogP contribution in [0.3, 0.4) is 0 Å². The number of pyridine rings is 1. The van der Waals surface area contributed by atoms with Crippen LogP contribution in [0.1, 0.15) is 30.9 Å². The van der Waals surface area contributed by atoms with E-state index in [1.165, 1.54) is 6.07 Å². The van der Waals surface area contributed by atoms with Crippen LogP contribution >= 0.6 is 0 Å². The molecule has 0 radical (unpaired) electrons. The average molecular weight is 433 g/mol. The number of rotatable bonds is 9. The Labute approximate surface area is 179 Å². The van der Waals surface area contributed by atoms with Gasteiger partial charge < -0.3 is 20.5 Å². The molecule has 31 heavy (non-hydrogen) atoms. The highest BCUT2D eigenvalue weighted by molar-refractivity contribution is 5.92. The molecule has 0 aliphatic heterocycles. The predicted molar refractivity (Wildman–Crippen MR) is 115 cm³/mol. The van der Waals surface area contributed by atoms with E-state index in [4.69, 9.17) is 15.2 Å². The first-order valence-electron chi connectivity index (χ1n) is 10.0. The fraction of sp³-hybridized carbons (Fsp3) is 0.348. The van der Waals surface area contributed by atoms with Crippen molar-refractivity contribution in [2.45, 2.75) is 38.6 Å². The van der Waals surface area contributed by atoms with Crippen LogP contribution in [0.15, 0.2) is 48.5 Å². The molecule has 0 fully saturated rings. The number of nitrogens with one attached hydrogen (secondary N) is 1. The molecule has 3 aromatic rings. The Kier molecular flexibility index (Phi) is 7.22. The van der Waals surface area contributed by atoms with Gasteiger partial charge in [0.2, 0.25) is 5.88 Å². The normalized spacial score (nSPS) is 12.6. The Morgan fingerprint density at radius 3 is 2.65 bits per heavy atom. The SMILES string of the molecule is COc1cc(NC(C)CCCN)c2nc(OCc3cccc(C(F)(F)F)c3)ccc2c1. The summed E-state index contributed by atoms with van der Waals surface area (Å²) in [5.41, 5.74) is 6.81. The van der Waals surface area contributed by atoms with Crippen LogP contribution in [0.5, 0.6) is 11.6 Å². The lowest BCUT2D eigenvalue weighted by atomic mass is 10.1. The molecule has 0 aliphatic rings. The van der Waals surface area contributed by atoms with Crippen LogP contribution in [-0.4, -0.2) is 24.7 Å². The largest absolute Gasteiger partial charge is 0.497 e. The number of aromatic nitrogens is 1. The van der Waals surface area contributed by atoms with Gasteiger partial charge >= 0.3 is 6.18 Å². The number of hydrogen-bond acceptors (Lipinski definition) is 5. The molecule has 1 unspecified atom stereocenters. The van der Waals surface area contributed by atoms with E-state index >= 15 is 0 Å². The molecule has 0 saturated carbocycles. The van der Waals surface area contributed by atoms with Gasteiger partial charge in [-0.15, -0.1) is 0 Å². The standard InChI is InChI=1S/C23H26F3N3O2/c1-15(5-4-10-27)28-20-13-19(30-2)12-17-8-9-21(29-22(17)20)31-14-16-6-3-7-18(11-16)23(24,25)26/h3,6-9,11-13,15,28H,4-5,10,14,27H2,1-2H3. The molecule has 3 N–H and O–H groups in total. The Hall–Kier alpha value is -3.00. The number of benzene rings is 2. The Balaban J connectivity index is 1.83. The molecule has 0 bridgehead atoms. The third-order valence-corrected chi connectivity index (χ3v) is 4.86. The van der Waals surface area contributed by atoms with E-state index in [1.54, 1.807) is 19.2 Å². The molecule has 0 spiro atoms. The monoisotopic (exact) mass is 433 g/mol. The zero-order valence-electron chi connectivity index (χ0n) is 17.5. The number of alkyl halides is 3. The van der Waals surface area contributed by atoms with Gasteiger partial charge in [-0.2, -0.15) is 13.2 Å². The van der Waals surface area contributed by atoms with E-state index in [0.717, 1.165) is 36.0 Å². The lowest BCUT2D eigenvalue weighted by Crippen LogP contribution is -2.17. The summed E-state index contributed by atoms with van der Waals surface area (Å²) in [6, 6.07) is 12.5. The molecule has 1 atom stereocenters. The van der Waals surface area contributed by atoms with Crippen molar-refractivity contribution in [3.05, 3.63) is 59.7 Å². The summed E-state index contributed by atoms with van der Waals surface area (Å²) in [5, 5.41) is 4.30. The number of halogens is 3. The van der Waals surface area contributed by atoms with Gasteiger partial charge in [0, 0.05) is 23.6 Å². The molecule has 0 saturated heterocycles. The van der Waals surface area contributed by atoms with E-state index in [9.17, 15) is 13.2 Å². The second-order valence-corrected chi connectivity index (χ2v) is 7.36. The number of methoxy groups -OCH3 is 1. The van der Waals surface area contributed by atoms with Gasteiger partial charge in [0.25, 0.3) is 0 Å². The fourth-order valence-corrected chi connectivity index (χ4v) is 3.25.